The van der Waals surface area contributed by atoms with Crippen LogP contribution in [-0.2, 0) is 6.42 Å². The molecule has 1 aliphatic carbocycles. The monoisotopic (exact) mass is 370 g/mol. The summed E-state index contributed by atoms with van der Waals surface area (Å²) >= 11 is 0. The summed E-state index contributed by atoms with van der Waals surface area (Å²) in [6, 6.07) is 13.3. The van der Waals surface area contributed by atoms with Gasteiger partial charge in [0.1, 0.15) is 0 Å². The highest BCUT2D eigenvalue weighted by atomic mass is 19.1. The lowest BCUT2D eigenvalue weighted by Crippen LogP contribution is -2.33. The third kappa shape index (κ3) is 3.99. The van der Waals surface area contributed by atoms with E-state index in [9.17, 15) is 14.6 Å². The van der Waals surface area contributed by atoms with Crippen molar-refractivity contribution in [3.8, 4) is 5.75 Å². The van der Waals surface area contributed by atoms with Crippen molar-refractivity contribution in [2.45, 2.75) is 37.7 Å². The Morgan fingerprint density at radius 1 is 1.15 bits per heavy atom. The van der Waals surface area contributed by atoms with E-state index in [4.69, 9.17) is 0 Å². The number of rotatable bonds is 5. The predicted molar refractivity (Wildman–Crippen MR) is 102 cm³/mol. The minimum atomic E-state index is -0.802. The van der Waals surface area contributed by atoms with Crippen molar-refractivity contribution < 1.29 is 14.6 Å². The maximum absolute atomic E-state index is 13.5. The Bertz CT molecular complexity index is 784. The Labute approximate surface area is 159 Å². The molecule has 4 rings (SSSR count). The lowest BCUT2D eigenvalue weighted by molar-refractivity contribution is 0.0353. The molecule has 0 amide bonds. The van der Waals surface area contributed by atoms with E-state index in [1.807, 2.05) is 25.1 Å². The Morgan fingerprint density at radius 3 is 2.44 bits per heavy atom. The van der Waals surface area contributed by atoms with Crippen molar-refractivity contribution in [2.24, 2.45) is 11.8 Å². The molecule has 1 saturated carbocycles. The predicted octanol–water partition coefficient (Wildman–Crippen LogP) is 3.35. The van der Waals surface area contributed by atoms with Crippen LogP contribution in [0.5, 0.6) is 5.75 Å². The second kappa shape index (κ2) is 7.21. The van der Waals surface area contributed by atoms with E-state index in [1.165, 1.54) is 11.6 Å². The van der Waals surface area contributed by atoms with Gasteiger partial charge >= 0.3 is 0 Å². The zero-order chi connectivity index (χ0) is 19.0. The van der Waals surface area contributed by atoms with Crippen LogP contribution in [0.15, 0.2) is 42.5 Å². The number of aliphatic hydroxyl groups is 1. The fourth-order valence-corrected chi connectivity index (χ4v) is 5.02. The van der Waals surface area contributed by atoms with Crippen molar-refractivity contribution in [1.82, 2.24) is 9.88 Å². The van der Waals surface area contributed by atoms with Crippen LogP contribution in [-0.4, -0.2) is 45.3 Å². The molecule has 1 aromatic carbocycles. The van der Waals surface area contributed by atoms with Crippen LogP contribution in [0.3, 0.4) is 0 Å². The topological polar surface area (TPSA) is 56.6 Å². The zero-order valence-corrected chi connectivity index (χ0v) is 15.7. The van der Waals surface area contributed by atoms with E-state index in [1.54, 1.807) is 6.07 Å². The zero-order valence-electron chi connectivity index (χ0n) is 15.7. The van der Waals surface area contributed by atoms with Gasteiger partial charge in [-0.3, -0.25) is 0 Å². The molecule has 4 nitrogen and oxygen atoms in total. The second-order valence-corrected chi connectivity index (χ2v) is 8.48. The quantitative estimate of drug-likeness (QED) is 0.793. The maximum Gasteiger partial charge on any atom is 0.255 e. The molecule has 2 unspecified atom stereocenters. The van der Waals surface area contributed by atoms with Gasteiger partial charge in [0, 0.05) is 37.7 Å². The SMILES string of the molecule is CC(CN1C[C@@H]2CC(O)(Cc3ccccc3)C[C@@H]2C1)c1ccc(O)c(F)n1. The van der Waals surface area contributed by atoms with Gasteiger partial charge < -0.3 is 15.1 Å². The Balaban J connectivity index is 1.33. The van der Waals surface area contributed by atoms with E-state index in [-0.39, 0.29) is 5.92 Å². The molecule has 1 saturated heterocycles. The number of pyridine rings is 1. The number of hydrogen-bond donors (Lipinski definition) is 2. The van der Waals surface area contributed by atoms with E-state index < -0.39 is 17.3 Å². The summed E-state index contributed by atoms with van der Waals surface area (Å²) in [6.45, 7) is 4.82. The molecule has 2 heterocycles. The molecule has 144 valence electrons. The third-order valence-electron chi connectivity index (χ3n) is 6.20. The van der Waals surface area contributed by atoms with Gasteiger partial charge in [0.2, 0.25) is 0 Å². The highest BCUT2D eigenvalue weighted by Gasteiger charge is 2.48. The van der Waals surface area contributed by atoms with E-state index in [0.717, 1.165) is 38.9 Å². The van der Waals surface area contributed by atoms with Gasteiger partial charge in [-0.1, -0.05) is 37.3 Å². The Hall–Kier alpha value is -1.98. The molecule has 0 spiro atoms. The summed E-state index contributed by atoms with van der Waals surface area (Å²) in [6.07, 6.45) is 2.43. The molecule has 2 aromatic rings. The molecule has 0 radical (unpaired) electrons. The molecule has 5 heteroatoms. The third-order valence-corrected chi connectivity index (χ3v) is 6.20. The number of aromatic nitrogens is 1. The number of halogens is 1. The minimum Gasteiger partial charge on any atom is -0.504 e. The van der Waals surface area contributed by atoms with Gasteiger partial charge in [0.05, 0.1) is 5.60 Å². The average molecular weight is 370 g/mol. The Kier molecular flexibility index (Phi) is 4.91. The normalized spacial score (nSPS) is 29.0. The number of likely N-dealkylation sites (tertiary alicyclic amines) is 1. The smallest absolute Gasteiger partial charge is 0.255 e. The summed E-state index contributed by atoms with van der Waals surface area (Å²) in [5.74, 6) is -0.0593. The summed E-state index contributed by atoms with van der Waals surface area (Å²) < 4.78 is 13.5. The van der Waals surface area contributed by atoms with Crippen molar-refractivity contribution in [3.05, 3.63) is 59.7 Å². The first kappa shape index (κ1) is 18.4. The Morgan fingerprint density at radius 2 is 1.81 bits per heavy atom. The molecule has 1 aliphatic heterocycles. The maximum atomic E-state index is 13.5. The van der Waals surface area contributed by atoms with Crippen LogP contribution < -0.4 is 0 Å². The van der Waals surface area contributed by atoms with E-state index >= 15 is 0 Å². The number of fused-ring (bicyclic) bond motifs is 1. The van der Waals surface area contributed by atoms with E-state index in [2.05, 4.69) is 22.0 Å². The fraction of sp³-hybridized carbons (Fsp3) is 0.500. The number of hydrogen-bond acceptors (Lipinski definition) is 4. The van der Waals surface area contributed by atoms with Crippen LogP contribution in [0.4, 0.5) is 4.39 Å². The van der Waals surface area contributed by atoms with Crippen molar-refractivity contribution >= 4 is 0 Å². The van der Waals surface area contributed by atoms with Crippen molar-refractivity contribution in [2.75, 3.05) is 19.6 Å². The van der Waals surface area contributed by atoms with Crippen LogP contribution >= 0.6 is 0 Å². The van der Waals surface area contributed by atoms with Crippen LogP contribution in [0.1, 0.15) is 36.9 Å². The summed E-state index contributed by atoms with van der Waals surface area (Å²) in [7, 11) is 0. The molecule has 2 aliphatic rings. The molecule has 2 N–H and O–H groups in total. The molecule has 0 bridgehead atoms. The first-order valence-electron chi connectivity index (χ1n) is 9.76. The minimum absolute atomic E-state index is 0.0992. The lowest BCUT2D eigenvalue weighted by atomic mass is 9.91. The highest BCUT2D eigenvalue weighted by Crippen LogP contribution is 2.45. The molecular formula is C22H27FN2O2. The van der Waals surface area contributed by atoms with Crippen molar-refractivity contribution in [1.29, 1.82) is 0 Å². The first-order chi connectivity index (χ1) is 12.9. The highest BCUT2D eigenvalue weighted by molar-refractivity contribution is 5.22. The van der Waals surface area contributed by atoms with Crippen LogP contribution in [0.25, 0.3) is 0 Å². The van der Waals surface area contributed by atoms with Gasteiger partial charge in [-0.15, -0.1) is 0 Å². The summed E-state index contributed by atoms with van der Waals surface area (Å²) in [4.78, 5) is 6.28. The van der Waals surface area contributed by atoms with Gasteiger partial charge in [-0.2, -0.15) is 4.39 Å². The number of nitrogens with zero attached hydrogens (tertiary/aromatic N) is 2. The van der Waals surface area contributed by atoms with Gasteiger partial charge in [-0.25, -0.2) is 4.98 Å². The van der Waals surface area contributed by atoms with Crippen LogP contribution in [0, 0.1) is 17.8 Å². The standard InChI is InChI=1S/C22H27FN2O2/c1-15(19-7-8-20(26)21(23)24-19)12-25-13-17-10-22(27,11-18(17)14-25)9-16-5-3-2-4-6-16/h2-8,15,17-18,26-27H,9-14H2,1H3/t15?,17-,18+,22?. The van der Waals surface area contributed by atoms with Gasteiger partial charge in [0.15, 0.2) is 5.75 Å². The molecule has 4 atom stereocenters. The molecule has 2 fully saturated rings. The van der Waals surface area contributed by atoms with Gasteiger partial charge in [-0.05, 0) is 42.4 Å². The molecule has 27 heavy (non-hydrogen) atoms. The molecule has 1 aromatic heterocycles. The summed E-state index contributed by atoms with van der Waals surface area (Å²) in [5.41, 5.74) is 1.28. The fourth-order valence-electron chi connectivity index (χ4n) is 5.02. The number of aromatic hydroxyl groups is 1. The number of benzene rings is 1. The van der Waals surface area contributed by atoms with Gasteiger partial charge in [0.25, 0.3) is 5.95 Å². The van der Waals surface area contributed by atoms with Crippen LogP contribution in [0.2, 0.25) is 0 Å². The largest absolute Gasteiger partial charge is 0.504 e. The first-order valence-corrected chi connectivity index (χ1v) is 9.76. The van der Waals surface area contributed by atoms with E-state index in [0.29, 0.717) is 17.5 Å². The second-order valence-electron chi connectivity index (χ2n) is 8.48. The summed E-state index contributed by atoms with van der Waals surface area (Å²) in [5, 5.41) is 20.4. The lowest BCUT2D eigenvalue weighted by Gasteiger charge is -2.27. The average Bonchev–Trinajstić information content (AvgIpc) is 3.11. The van der Waals surface area contributed by atoms with Crippen molar-refractivity contribution in [3.63, 3.8) is 0 Å². The molecular weight excluding hydrogens is 343 g/mol.